The average molecular weight is 457 g/mol. The molecule has 2 heterocycles. The molecule has 0 aliphatic carbocycles. The highest BCUT2D eigenvalue weighted by Gasteiger charge is 2.44. The van der Waals surface area contributed by atoms with Gasteiger partial charge >= 0.3 is 5.63 Å². The largest absolute Gasteiger partial charge is 0.462 e. The summed E-state index contributed by atoms with van der Waals surface area (Å²) in [5.41, 5.74) is 0.192. The zero-order valence-electron chi connectivity index (χ0n) is 17.5. The second-order valence-corrected chi connectivity index (χ2v) is 7.69. The van der Waals surface area contributed by atoms with Crippen LogP contribution in [0, 0.1) is 6.92 Å². The zero-order chi connectivity index (χ0) is 23.7. The van der Waals surface area contributed by atoms with Gasteiger partial charge in [-0.05, 0) is 37.3 Å². The molecule has 5 atom stereocenters. The van der Waals surface area contributed by atoms with E-state index in [0.717, 1.165) is 0 Å². The van der Waals surface area contributed by atoms with Gasteiger partial charge in [0.25, 0.3) is 5.91 Å². The van der Waals surface area contributed by atoms with Crippen LogP contribution in [0.15, 0.2) is 57.7 Å². The fourth-order valence-electron chi connectivity index (χ4n) is 3.59. The first kappa shape index (κ1) is 22.9. The number of benzene rings is 2. The predicted octanol–water partition coefficient (Wildman–Crippen LogP) is 0.532. The number of hydrogen-bond acceptors (Lipinski definition) is 9. The van der Waals surface area contributed by atoms with Crippen LogP contribution in [0.25, 0.3) is 11.0 Å². The second-order valence-electron chi connectivity index (χ2n) is 7.69. The highest BCUT2D eigenvalue weighted by Crippen LogP contribution is 2.31. The summed E-state index contributed by atoms with van der Waals surface area (Å²) in [6, 6.07) is 13.0. The molecule has 0 bridgehead atoms. The van der Waals surface area contributed by atoms with E-state index in [2.05, 4.69) is 5.32 Å². The van der Waals surface area contributed by atoms with Crippen molar-refractivity contribution in [2.75, 3.05) is 11.9 Å². The number of carbonyl (C=O) groups excluding carboxylic acids is 1. The van der Waals surface area contributed by atoms with Gasteiger partial charge in [-0.1, -0.05) is 18.2 Å². The standard InChI is InChI=1S/C23H23NO9/c1-11-15(31-23-19(28)18(27)17(26)16(10-25)32-23)8-7-13-9-14(22(30)33-20(11)13)24-21(29)12-5-3-2-4-6-12/h2-9,16-19,23,25-28H,10H2,1H3,(H,24,29)/t16-,17-,18+,19+,23+/m1/s1. The number of hydrogen-bond donors (Lipinski definition) is 5. The lowest BCUT2D eigenvalue weighted by atomic mass is 9.99. The average Bonchev–Trinajstić information content (AvgIpc) is 2.82. The number of aliphatic hydroxyl groups is 4. The molecule has 1 aliphatic heterocycles. The molecule has 0 unspecified atom stereocenters. The van der Waals surface area contributed by atoms with Gasteiger partial charge in [-0.25, -0.2) is 4.79 Å². The Hall–Kier alpha value is -3.28. The molecule has 1 saturated heterocycles. The van der Waals surface area contributed by atoms with Crippen LogP contribution < -0.4 is 15.7 Å². The van der Waals surface area contributed by atoms with Crippen LogP contribution in [0.1, 0.15) is 15.9 Å². The van der Waals surface area contributed by atoms with Gasteiger partial charge in [0, 0.05) is 16.5 Å². The van der Waals surface area contributed by atoms with E-state index in [1.165, 1.54) is 6.07 Å². The van der Waals surface area contributed by atoms with Crippen LogP contribution >= 0.6 is 0 Å². The molecule has 1 aromatic heterocycles. The maximum atomic E-state index is 12.5. The molecule has 0 radical (unpaired) electrons. The lowest BCUT2D eigenvalue weighted by molar-refractivity contribution is -0.277. The van der Waals surface area contributed by atoms with Gasteiger partial charge in [0.2, 0.25) is 6.29 Å². The summed E-state index contributed by atoms with van der Waals surface area (Å²) in [5.74, 6) is -0.266. The van der Waals surface area contributed by atoms with Crippen LogP contribution in [0.4, 0.5) is 5.69 Å². The molecule has 4 rings (SSSR count). The first-order valence-electron chi connectivity index (χ1n) is 10.2. The molecular weight excluding hydrogens is 434 g/mol. The summed E-state index contributed by atoms with van der Waals surface area (Å²) in [4.78, 5) is 24.9. The number of aliphatic hydroxyl groups excluding tert-OH is 4. The minimum absolute atomic E-state index is 0.0293. The van der Waals surface area contributed by atoms with Gasteiger partial charge in [0.15, 0.2) is 0 Å². The maximum Gasteiger partial charge on any atom is 0.360 e. The smallest absolute Gasteiger partial charge is 0.360 e. The SMILES string of the molecule is Cc1c(O[C@H]2O[C@H](CO)[C@@H](O)[C@H](O)[C@@H]2O)ccc2cc(NC(=O)c3ccccc3)c(=O)oc12. The van der Waals surface area contributed by atoms with Crippen LogP contribution in [0.2, 0.25) is 0 Å². The molecule has 1 amide bonds. The Balaban J connectivity index is 1.60. The molecule has 10 nitrogen and oxygen atoms in total. The molecule has 1 fully saturated rings. The number of rotatable bonds is 5. The number of fused-ring (bicyclic) bond motifs is 1. The molecule has 1 aliphatic rings. The molecule has 0 spiro atoms. The highest BCUT2D eigenvalue weighted by molar-refractivity contribution is 6.04. The van der Waals surface area contributed by atoms with Crippen LogP contribution in [0.5, 0.6) is 5.75 Å². The third kappa shape index (κ3) is 4.47. The fourth-order valence-corrected chi connectivity index (χ4v) is 3.59. The van der Waals surface area contributed by atoms with Gasteiger partial charge < -0.3 is 39.6 Å². The van der Waals surface area contributed by atoms with E-state index < -0.39 is 48.8 Å². The van der Waals surface area contributed by atoms with E-state index in [4.69, 9.17) is 13.9 Å². The van der Waals surface area contributed by atoms with Gasteiger partial charge in [-0.2, -0.15) is 0 Å². The summed E-state index contributed by atoms with van der Waals surface area (Å²) in [5, 5.41) is 42.4. The molecule has 0 saturated carbocycles. The lowest BCUT2D eigenvalue weighted by Crippen LogP contribution is -2.60. The zero-order valence-corrected chi connectivity index (χ0v) is 17.5. The molecule has 33 heavy (non-hydrogen) atoms. The number of nitrogens with one attached hydrogen (secondary N) is 1. The van der Waals surface area contributed by atoms with Gasteiger partial charge in [0.1, 0.15) is 41.4 Å². The first-order valence-corrected chi connectivity index (χ1v) is 10.2. The Labute approximate surface area is 187 Å². The topological polar surface area (TPSA) is 159 Å². The summed E-state index contributed by atoms with van der Waals surface area (Å²) >= 11 is 0. The quantitative estimate of drug-likeness (QED) is 0.345. The van der Waals surface area contributed by atoms with Crippen molar-refractivity contribution in [1.29, 1.82) is 0 Å². The molecule has 174 valence electrons. The van der Waals surface area contributed by atoms with Gasteiger partial charge in [0.05, 0.1) is 6.61 Å². The van der Waals surface area contributed by atoms with Crippen molar-refractivity contribution in [3.05, 3.63) is 70.1 Å². The Bertz CT molecular complexity index is 1210. The van der Waals surface area contributed by atoms with E-state index in [1.54, 1.807) is 49.4 Å². The number of ether oxygens (including phenoxy) is 2. The molecule has 5 N–H and O–H groups in total. The minimum Gasteiger partial charge on any atom is -0.462 e. The third-order valence-corrected chi connectivity index (χ3v) is 5.48. The Morgan fingerprint density at radius 2 is 1.79 bits per heavy atom. The summed E-state index contributed by atoms with van der Waals surface area (Å²) in [7, 11) is 0. The van der Waals surface area contributed by atoms with Crippen LogP contribution in [-0.4, -0.2) is 63.6 Å². The van der Waals surface area contributed by atoms with Gasteiger partial charge in [-0.15, -0.1) is 0 Å². The minimum atomic E-state index is -1.59. The number of anilines is 1. The summed E-state index contributed by atoms with van der Waals surface area (Å²) in [6.07, 6.45) is -7.18. The van der Waals surface area contributed by atoms with E-state index >= 15 is 0 Å². The highest BCUT2D eigenvalue weighted by atomic mass is 16.7. The maximum absolute atomic E-state index is 12.5. The molecule has 2 aromatic carbocycles. The molecular formula is C23H23NO9. The van der Waals surface area contributed by atoms with E-state index in [9.17, 15) is 30.0 Å². The second kappa shape index (κ2) is 9.30. The van der Waals surface area contributed by atoms with Gasteiger partial charge in [-0.3, -0.25) is 4.79 Å². The predicted molar refractivity (Wildman–Crippen MR) is 116 cm³/mol. The van der Waals surface area contributed by atoms with Crippen molar-refractivity contribution in [2.24, 2.45) is 0 Å². The van der Waals surface area contributed by atoms with Crippen molar-refractivity contribution in [3.63, 3.8) is 0 Å². The summed E-state index contributed by atoms with van der Waals surface area (Å²) in [6.45, 7) is 1.03. The Kier molecular flexibility index (Phi) is 6.45. The van der Waals surface area contributed by atoms with E-state index in [1.807, 2.05) is 0 Å². The lowest BCUT2D eigenvalue weighted by Gasteiger charge is -2.39. The number of aryl methyl sites for hydroxylation is 1. The van der Waals surface area contributed by atoms with Crippen molar-refractivity contribution in [3.8, 4) is 5.75 Å². The van der Waals surface area contributed by atoms with Crippen molar-refractivity contribution in [2.45, 2.75) is 37.6 Å². The normalized spacial score (nSPS) is 25.1. The Morgan fingerprint density at radius 1 is 1.06 bits per heavy atom. The Morgan fingerprint density at radius 3 is 2.48 bits per heavy atom. The van der Waals surface area contributed by atoms with Crippen molar-refractivity contribution in [1.82, 2.24) is 0 Å². The van der Waals surface area contributed by atoms with Crippen molar-refractivity contribution < 1.29 is 39.1 Å². The third-order valence-electron chi connectivity index (χ3n) is 5.48. The summed E-state index contributed by atoms with van der Waals surface area (Å²) < 4.78 is 16.4. The monoisotopic (exact) mass is 457 g/mol. The van der Waals surface area contributed by atoms with Crippen LogP contribution in [-0.2, 0) is 4.74 Å². The molecule has 10 heteroatoms. The van der Waals surface area contributed by atoms with Crippen LogP contribution in [0.3, 0.4) is 0 Å². The van der Waals surface area contributed by atoms with E-state index in [0.29, 0.717) is 16.5 Å². The van der Waals surface area contributed by atoms with Crippen molar-refractivity contribution >= 4 is 22.6 Å². The first-order chi connectivity index (χ1) is 15.8. The molecule has 3 aromatic rings. The number of amides is 1. The van der Waals surface area contributed by atoms with E-state index in [-0.39, 0.29) is 17.0 Å². The fraction of sp³-hybridized carbons (Fsp3) is 0.304. The number of carbonyl (C=O) groups is 1.